The van der Waals surface area contributed by atoms with Crippen molar-refractivity contribution >= 4 is 28.4 Å². The fourth-order valence-corrected chi connectivity index (χ4v) is 3.13. The third kappa shape index (κ3) is 3.92. The fourth-order valence-electron chi connectivity index (χ4n) is 1.96. The first kappa shape index (κ1) is 15.7. The second-order valence-corrected chi connectivity index (χ2v) is 7.89. The quantitative estimate of drug-likeness (QED) is 0.737. The Morgan fingerprint density at radius 3 is 2.45 bits per heavy atom. The van der Waals surface area contributed by atoms with Crippen LogP contribution < -0.4 is 0 Å². The van der Waals surface area contributed by atoms with E-state index in [9.17, 15) is 0 Å². The molecule has 1 heterocycles. The van der Waals surface area contributed by atoms with Crippen LogP contribution in [0.5, 0.6) is 0 Å². The van der Waals surface area contributed by atoms with Crippen molar-refractivity contribution in [1.82, 2.24) is 0 Å². The topological polar surface area (TPSA) is 21.6 Å². The molecule has 1 aromatic carbocycles. The summed E-state index contributed by atoms with van der Waals surface area (Å²) in [4.78, 5) is 5.39. The van der Waals surface area contributed by atoms with Crippen molar-refractivity contribution in [3.05, 3.63) is 35.4 Å². The molecule has 4 heteroatoms. The van der Waals surface area contributed by atoms with Gasteiger partial charge in [0.1, 0.15) is 5.04 Å². The summed E-state index contributed by atoms with van der Waals surface area (Å²) >= 11 is 7.62. The van der Waals surface area contributed by atoms with Crippen LogP contribution in [-0.4, -0.2) is 16.5 Å². The van der Waals surface area contributed by atoms with Crippen molar-refractivity contribution < 1.29 is 4.84 Å². The molecule has 0 fully saturated rings. The van der Waals surface area contributed by atoms with Crippen LogP contribution in [0.2, 0.25) is 0 Å². The van der Waals surface area contributed by atoms with Gasteiger partial charge in [0.2, 0.25) is 0 Å². The molecule has 1 unspecified atom stereocenters. The number of alkyl halides is 1. The second-order valence-electron chi connectivity index (χ2n) is 6.57. The van der Waals surface area contributed by atoms with Crippen LogP contribution in [-0.2, 0) is 16.0 Å². The first-order valence-corrected chi connectivity index (χ1v) is 8.38. The maximum absolute atomic E-state index is 5.88. The van der Waals surface area contributed by atoms with Crippen LogP contribution >= 0.6 is 23.4 Å². The zero-order valence-electron chi connectivity index (χ0n) is 12.6. The van der Waals surface area contributed by atoms with Gasteiger partial charge in [-0.15, -0.1) is 23.4 Å². The molecule has 0 aromatic heterocycles. The van der Waals surface area contributed by atoms with E-state index >= 15 is 0 Å². The van der Waals surface area contributed by atoms with Crippen molar-refractivity contribution in [3.8, 4) is 0 Å². The lowest BCUT2D eigenvalue weighted by atomic mass is 9.87. The van der Waals surface area contributed by atoms with Crippen LogP contribution in [0.15, 0.2) is 29.4 Å². The molecule has 0 spiro atoms. The van der Waals surface area contributed by atoms with Crippen LogP contribution in [0.3, 0.4) is 0 Å². The molecule has 1 aromatic rings. The highest BCUT2D eigenvalue weighted by Crippen LogP contribution is 2.31. The largest absolute Gasteiger partial charge is 0.387 e. The van der Waals surface area contributed by atoms with E-state index in [0.29, 0.717) is 5.88 Å². The van der Waals surface area contributed by atoms with Gasteiger partial charge in [-0.3, -0.25) is 0 Å². The van der Waals surface area contributed by atoms with Gasteiger partial charge < -0.3 is 4.84 Å². The van der Waals surface area contributed by atoms with Crippen molar-refractivity contribution in [2.24, 2.45) is 5.16 Å². The molecule has 1 aliphatic heterocycles. The van der Waals surface area contributed by atoms with Crippen molar-refractivity contribution in [2.45, 2.75) is 50.9 Å². The van der Waals surface area contributed by atoms with Gasteiger partial charge in [0.15, 0.2) is 5.60 Å². The van der Waals surface area contributed by atoms with Gasteiger partial charge in [-0.1, -0.05) is 50.2 Å². The number of thioether (sulfide) groups is 1. The molecule has 0 saturated carbocycles. The van der Waals surface area contributed by atoms with Gasteiger partial charge in [0, 0.05) is 12.2 Å². The maximum atomic E-state index is 5.88. The van der Waals surface area contributed by atoms with Crippen molar-refractivity contribution in [3.63, 3.8) is 0 Å². The molecule has 0 saturated heterocycles. The Morgan fingerprint density at radius 1 is 1.30 bits per heavy atom. The van der Waals surface area contributed by atoms with E-state index in [1.165, 1.54) is 11.1 Å². The first-order chi connectivity index (χ1) is 9.32. The Kier molecular flexibility index (Phi) is 4.70. The van der Waals surface area contributed by atoms with Gasteiger partial charge in [-0.25, -0.2) is 0 Å². The third-order valence-electron chi connectivity index (χ3n) is 3.40. The Balaban J connectivity index is 1.90. The van der Waals surface area contributed by atoms with Gasteiger partial charge in [0.05, 0.1) is 5.88 Å². The van der Waals surface area contributed by atoms with Crippen LogP contribution in [0, 0.1) is 0 Å². The normalized spacial score (nSPS) is 22.6. The van der Waals surface area contributed by atoms with E-state index in [0.717, 1.165) is 17.2 Å². The lowest BCUT2D eigenvalue weighted by Gasteiger charge is -2.19. The van der Waals surface area contributed by atoms with E-state index in [1.54, 1.807) is 11.8 Å². The predicted molar refractivity (Wildman–Crippen MR) is 88.7 cm³/mol. The van der Waals surface area contributed by atoms with E-state index in [2.05, 4.69) is 50.2 Å². The highest BCUT2D eigenvalue weighted by molar-refractivity contribution is 8.13. The Labute approximate surface area is 130 Å². The smallest absolute Gasteiger partial charge is 0.154 e. The Bertz CT molecular complexity index is 492. The number of rotatable bonds is 3. The molecule has 1 atom stereocenters. The number of hydrogen-bond acceptors (Lipinski definition) is 3. The molecular formula is C16H22ClNOS. The zero-order valence-corrected chi connectivity index (χ0v) is 14.1. The van der Waals surface area contributed by atoms with Crippen LogP contribution in [0.1, 0.15) is 45.2 Å². The highest BCUT2D eigenvalue weighted by Gasteiger charge is 2.33. The lowest BCUT2D eigenvalue weighted by molar-refractivity contribution is 0.0152. The molecule has 0 radical (unpaired) electrons. The first-order valence-electron chi connectivity index (χ1n) is 6.86. The molecular weight excluding hydrogens is 290 g/mol. The van der Waals surface area contributed by atoms with Crippen LogP contribution in [0.4, 0.5) is 0 Å². The van der Waals surface area contributed by atoms with Gasteiger partial charge in [0.25, 0.3) is 0 Å². The lowest BCUT2D eigenvalue weighted by Crippen LogP contribution is -2.26. The molecule has 2 rings (SSSR count). The SMILES string of the molecule is CC1(CCl)CC(SCc2ccc(C(C)(C)C)cc2)=NO1. The van der Waals surface area contributed by atoms with Gasteiger partial charge >= 0.3 is 0 Å². The predicted octanol–water partition coefficient (Wildman–Crippen LogP) is 4.95. The average molecular weight is 312 g/mol. The summed E-state index contributed by atoms with van der Waals surface area (Å²) in [6, 6.07) is 8.83. The summed E-state index contributed by atoms with van der Waals surface area (Å²) in [5.74, 6) is 1.39. The number of hydrogen-bond donors (Lipinski definition) is 0. The highest BCUT2D eigenvalue weighted by atomic mass is 35.5. The number of benzene rings is 1. The third-order valence-corrected chi connectivity index (χ3v) is 5.00. The average Bonchev–Trinajstić information content (AvgIpc) is 2.79. The summed E-state index contributed by atoms with van der Waals surface area (Å²) in [5, 5.41) is 5.16. The van der Waals surface area contributed by atoms with Crippen molar-refractivity contribution in [1.29, 1.82) is 0 Å². The summed E-state index contributed by atoms with van der Waals surface area (Å²) in [6.45, 7) is 8.69. The van der Waals surface area contributed by atoms with E-state index < -0.39 is 0 Å². The summed E-state index contributed by atoms with van der Waals surface area (Å²) in [7, 11) is 0. The molecule has 0 N–H and O–H groups in total. The molecule has 0 aliphatic carbocycles. The minimum atomic E-state index is -0.319. The Hall–Kier alpha value is -0.670. The second kappa shape index (κ2) is 5.98. The van der Waals surface area contributed by atoms with Crippen molar-refractivity contribution in [2.75, 3.05) is 5.88 Å². The maximum Gasteiger partial charge on any atom is 0.154 e. The number of nitrogens with zero attached hydrogens (tertiary/aromatic N) is 1. The summed E-state index contributed by atoms with van der Waals surface area (Å²) < 4.78 is 0. The number of halogens is 1. The van der Waals surface area contributed by atoms with E-state index in [4.69, 9.17) is 16.4 Å². The van der Waals surface area contributed by atoms with E-state index in [1.807, 2.05) is 6.92 Å². The summed E-state index contributed by atoms with van der Waals surface area (Å²) in [6.07, 6.45) is 0.807. The van der Waals surface area contributed by atoms with Gasteiger partial charge in [-0.05, 0) is 23.5 Å². The molecule has 1 aliphatic rings. The van der Waals surface area contributed by atoms with E-state index in [-0.39, 0.29) is 11.0 Å². The Morgan fingerprint density at radius 2 is 1.95 bits per heavy atom. The summed E-state index contributed by atoms with van der Waals surface area (Å²) in [5.41, 5.74) is 2.56. The minimum Gasteiger partial charge on any atom is -0.387 e. The van der Waals surface area contributed by atoms with Gasteiger partial charge in [-0.2, -0.15) is 0 Å². The standard InChI is InChI=1S/C16H22ClNOS/c1-15(2,3)13-7-5-12(6-8-13)10-20-14-9-16(4,11-17)19-18-14/h5-8H,9-11H2,1-4H3. The molecule has 2 nitrogen and oxygen atoms in total. The van der Waals surface area contributed by atoms with Crippen LogP contribution in [0.25, 0.3) is 0 Å². The molecule has 0 bridgehead atoms. The number of oxime groups is 1. The molecule has 110 valence electrons. The monoisotopic (exact) mass is 311 g/mol. The molecule has 0 amide bonds. The zero-order chi connectivity index (χ0) is 14.8. The molecule has 20 heavy (non-hydrogen) atoms. The minimum absolute atomic E-state index is 0.206. The fraction of sp³-hybridized carbons (Fsp3) is 0.562.